The van der Waals surface area contributed by atoms with Crippen LogP contribution in [0.5, 0.6) is 0 Å². The van der Waals surface area contributed by atoms with Crippen LogP contribution in [0.15, 0.2) is 28.8 Å². The summed E-state index contributed by atoms with van der Waals surface area (Å²) in [5.74, 6) is 0.353. The highest BCUT2D eigenvalue weighted by atomic mass is 16.5. The van der Waals surface area contributed by atoms with Crippen molar-refractivity contribution in [3.05, 3.63) is 41.5 Å². The van der Waals surface area contributed by atoms with Gasteiger partial charge in [-0.1, -0.05) is 31.1 Å². The third-order valence-electron chi connectivity index (χ3n) is 4.63. The average molecular weight is 356 g/mol. The van der Waals surface area contributed by atoms with Crippen molar-refractivity contribution in [1.29, 1.82) is 0 Å². The molecule has 0 aliphatic carbocycles. The third kappa shape index (κ3) is 4.09. The molecule has 138 valence electrons. The Labute approximate surface area is 152 Å². The molecule has 1 aromatic heterocycles. The number of amides is 2. The predicted octanol–water partition coefficient (Wildman–Crippen LogP) is 2.85. The van der Waals surface area contributed by atoms with Crippen LogP contribution in [0, 0.1) is 6.92 Å². The van der Waals surface area contributed by atoms with E-state index in [9.17, 15) is 9.59 Å². The van der Waals surface area contributed by atoms with Gasteiger partial charge in [-0.3, -0.25) is 9.59 Å². The SMILES string of the molecule is Cc1noc(C2CCCN(C(=O)C(=O)Nc3ccc(C(C)C)cc3)C2)n1. The van der Waals surface area contributed by atoms with Crippen molar-refractivity contribution in [2.45, 2.75) is 45.4 Å². The van der Waals surface area contributed by atoms with Crippen LogP contribution in [0.4, 0.5) is 5.69 Å². The fourth-order valence-corrected chi connectivity index (χ4v) is 3.12. The molecule has 2 heterocycles. The highest BCUT2D eigenvalue weighted by molar-refractivity contribution is 6.39. The van der Waals surface area contributed by atoms with E-state index in [1.165, 1.54) is 5.56 Å². The first-order chi connectivity index (χ1) is 12.4. The second-order valence-corrected chi connectivity index (χ2v) is 7.00. The minimum absolute atomic E-state index is 0.0213. The molecule has 0 saturated carbocycles. The van der Waals surface area contributed by atoms with Crippen LogP contribution in [0.3, 0.4) is 0 Å². The van der Waals surface area contributed by atoms with Gasteiger partial charge < -0.3 is 14.7 Å². The maximum Gasteiger partial charge on any atom is 0.313 e. The van der Waals surface area contributed by atoms with Gasteiger partial charge in [0, 0.05) is 18.8 Å². The van der Waals surface area contributed by atoms with E-state index >= 15 is 0 Å². The van der Waals surface area contributed by atoms with Crippen molar-refractivity contribution in [2.75, 3.05) is 18.4 Å². The third-order valence-corrected chi connectivity index (χ3v) is 4.63. The molecule has 1 N–H and O–H groups in total. The van der Waals surface area contributed by atoms with Crippen molar-refractivity contribution in [1.82, 2.24) is 15.0 Å². The summed E-state index contributed by atoms with van der Waals surface area (Å²) in [5, 5.41) is 6.49. The number of hydrogen-bond acceptors (Lipinski definition) is 5. The van der Waals surface area contributed by atoms with Gasteiger partial charge in [-0.25, -0.2) is 0 Å². The van der Waals surface area contributed by atoms with Crippen molar-refractivity contribution >= 4 is 17.5 Å². The van der Waals surface area contributed by atoms with Crippen LogP contribution in [0.2, 0.25) is 0 Å². The smallest absolute Gasteiger partial charge is 0.313 e. The maximum atomic E-state index is 12.5. The number of aromatic nitrogens is 2. The Kier molecular flexibility index (Phi) is 5.35. The van der Waals surface area contributed by atoms with Crippen LogP contribution < -0.4 is 5.32 Å². The number of aryl methyl sites for hydroxylation is 1. The Morgan fingerprint density at radius 2 is 2.00 bits per heavy atom. The molecule has 1 atom stereocenters. The van der Waals surface area contributed by atoms with Crippen LogP contribution in [-0.2, 0) is 9.59 Å². The van der Waals surface area contributed by atoms with E-state index in [2.05, 4.69) is 29.3 Å². The van der Waals surface area contributed by atoms with Gasteiger partial charge in [0.05, 0.1) is 5.92 Å². The van der Waals surface area contributed by atoms with Gasteiger partial charge in [-0.05, 0) is 43.4 Å². The molecule has 7 nitrogen and oxygen atoms in total. The molecule has 0 spiro atoms. The maximum absolute atomic E-state index is 12.5. The van der Waals surface area contributed by atoms with Gasteiger partial charge in [0.2, 0.25) is 5.89 Å². The molecule has 1 unspecified atom stereocenters. The van der Waals surface area contributed by atoms with Crippen LogP contribution in [0.25, 0.3) is 0 Å². The molecule has 1 saturated heterocycles. The zero-order valence-electron chi connectivity index (χ0n) is 15.4. The Balaban J connectivity index is 1.61. The molecule has 1 fully saturated rings. The molecule has 1 aliphatic heterocycles. The molecule has 0 bridgehead atoms. The number of benzene rings is 1. The number of likely N-dealkylation sites (tertiary alicyclic amines) is 1. The second kappa shape index (κ2) is 7.68. The average Bonchev–Trinajstić information content (AvgIpc) is 3.08. The summed E-state index contributed by atoms with van der Waals surface area (Å²) < 4.78 is 5.22. The van der Waals surface area contributed by atoms with E-state index in [1.54, 1.807) is 11.8 Å². The number of piperidine rings is 1. The minimum atomic E-state index is -0.621. The first-order valence-corrected chi connectivity index (χ1v) is 8.94. The van der Waals surface area contributed by atoms with Gasteiger partial charge in [-0.15, -0.1) is 0 Å². The molecule has 26 heavy (non-hydrogen) atoms. The lowest BCUT2D eigenvalue weighted by Crippen LogP contribution is -2.44. The minimum Gasteiger partial charge on any atom is -0.339 e. The van der Waals surface area contributed by atoms with E-state index in [-0.39, 0.29) is 5.92 Å². The number of carbonyl (C=O) groups is 2. The summed E-state index contributed by atoms with van der Waals surface area (Å²) in [6.07, 6.45) is 1.66. The van der Waals surface area contributed by atoms with Gasteiger partial charge >= 0.3 is 11.8 Å². The Bertz CT molecular complexity index is 782. The number of anilines is 1. The van der Waals surface area contributed by atoms with E-state index in [1.807, 2.05) is 24.3 Å². The normalized spacial score (nSPS) is 17.4. The van der Waals surface area contributed by atoms with Crippen LogP contribution in [-0.4, -0.2) is 39.9 Å². The number of rotatable bonds is 3. The summed E-state index contributed by atoms with van der Waals surface area (Å²) in [6.45, 7) is 6.95. The van der Waals surface area contributed by atoms with Crippen molar-refractivity contribution in [3.63, 3.8) is 0 Å². The van der Waals surface area contributed by atoms with Gasteiger partial charge in [0.25, 0.3) is 0 Å². The first kappa shape index (κ1) is 18.1. The highest BCUT2D eigenvalue weighted by Gasteiger charge is 2.31. The summed E-state index contributed by atoms with van der Waals surface area (Å²) in [4.78, 5) is 30.6. The molecular weight excluding hydrogens is 332 g/mol. The van der Waals surface area contributed by atoms with Crippen molar-refractivity contribution in [2.24, 2.45) is 0 Å². The van der Waals surface area contributed by atoms with Gasteiger partial charge in [0.15, 0.2) is 5.82 Å². The quantitative estimate of drug-likeness (QED) is 0.854. The largest absolute Gasteiger partial charge is 0.339 e. The fourth-order valence-electron chi connectivity index (χ4n) is 3.12. The molecule has 1 aliphatic rings. The lowest BCUT2D eigenvalue weighted by molar-refractivity contribution is -0.144. The van der Waals surface area contributed by atoms with Gasteiger partial charge in [-0.2, -0.15) is 4.98 Å². The standard InChI is InChI=1S/C19H24N4O3/c1-12(2)14-6-8-16(9-7-14)21-17(24)19(25)23-10-4-5-15(11-23)18-20-13(3)22-26-18/h6-9,12,15H,4-5,10-11H2,1-3H3,(H,21,24). The van der Waals surface area contributed by atoms with Gasteiger partial charge in [0.1, 0.15) is 0 Å². The molecule has 2 amide bonds. The molecule has 2 aromatic rings. The van der Waals surface area contributed by atoms with Crippen LogP contribution >= 0.6 is 0 Å². The Morgan fingerprint density at radius 3 is 2.62 bits per heavy atom. The lowest BCUT2D eigenvalue weighted by atomic mass is 9.98. The number of nitrogens with zero attached hydrogens (tertiary/aromatic N) is 3. The van der Waals surface area contributed by atoms with E-state index < -0.39 is 11.8 Å². The van der Waals surface area contributed by atoms with Crippen molar-refractivity contribution in [3.8, 4) is 0 Å². The molecule has 0 radical (unpaired) electrons. The summed E-state index contributed by atoms with van der Waals surface area (Å²) in [5.41, 5.74) is 1.80. The van der Waals surface area contributed by atoms with E-state index in [0.29, 0.717) is 36.4 Å². The number of hydrogen-bond donors (Lipinski definition) is 1. The monoisotopic (exact) mass is 356 g/mol. The number of nitrogens with one attached hydrogen (secondary N) is 1. The molecule has 7 heteroatoms. The fraction of sp³-hybridized carbons (Fsp3) is 0.474. The number of carbonyl (C=O) groups excluding carboxylic acids is 2. The summed E-state index contributed by atoms with van der Waals surface area (Å²) in [6, 6.07) is 7.56. The Morgan fingerprint density at radius 1 is 1.27 bits per heavy atom. The Hall–Kier alpha value is -2.70. The molecule has 1 aromatic carbocycles. The van der Waals surface area contributed by atoms with Crippen molar-refractivity contribution < 1.29 is 14.1 Å². The zero-order valence-corrected chi connectivity index (χ0v) is 15.4. The predicted molar refractivity (Wildman–Crippen MR) is 96.8 cm³/mol. The molecular formula is C19H24N4O3. The van der Waals surface area contributed by atoms with Crippen LogP contribution in [0.1, 0.15) is 55.8 Å². The summed E-state index contributed by atoms with van der Waals surface area (Å²) in [7, 11) is 0. The topological polar surface area (TPSA) is 88.3 Å². The first-order valence-electron chi connectivity index (χ1n) is 8.94. The van der Waals surface area contributed by atoms with E-state index in [4.69, 9.17) is 4.52 Å². The van der Waals surface area contributed by atoms with E-state index in [0.717, 1.165) is 12.8 Å². The zero-order chi connectivity index (χ0) is 18.7. The molecule has 3 rings (SSSR count). The second-order valence-electron chi connectivity index (χ2n) is 7.00. The lowest BCUT2D eigenvalue weighted by Gasteiger charge is -2.30. The summed E-state index contributed by atoms with van der Waals surface area (Å²) >= 11 is 0. The highest BCUT2D eigenvalue weighted by Crippen LogP contribution is 2.26.